The van der Waals surface area contributed by atoms with Gasteiger partial charge in [0.2, 0.25) is 0 Å². The van der Waals surface area contributed by atoms with Crippen molar-refractivity contribution in [3.8, 4) is 11.5 Å². The first-order valence-corrected chi connectivity index (χ1v) is 9.80. The molecule has 1 aliphatic heterocycles. The average Bonchev–Trinajstić information content (AvgIpc) is 2.63. The fraction of sp³-hybridized carbons (Fsp3) is 0.435. The third-order valence-electron chi connectivity index (χ3n) is 4.77. The van der Waals surface area contributed by atoms with Gasteiger partial charge < -0.3 is 14.4 Å². The van der Waals surface area contributed by atoms with E-state index in [4.69, 9.17) is 9.47 Å². The molecule has 0 amide bonds. The zero-order valence-corrected chi connectivity index (χ0v) is 16.6. The zero-order valence-electron chi connectivity index (χ0n) is 16.6. The predicted octanol–water partition coefficient (Wildman–Crippen LogP) is 5.21. The molecule has 1 aromatic carbocycles. The fourth-order valence-corrected chi connectivity index (χ4v) is 3.27. The van der Waals surface area contributed by atoms with Crippen molar-refractivity contribution in [1.29, 1.82) is 0 Å². The molecule has 27 heavy (non-hydrogen) atoms. The van der Waals surface area contributed by atoms with E-state index in [2.05, 4.69) is 61.5 Å². The molecule has 0 radical (unpaired) electrons. The van der Waals surface area contributed by atoms with Crippen LogP contribution in [0.15, 0.2) is 54.7 Å². The smallest absolute Gasteiger partial charge is 0.137 e. The van der Waals surface area contributed by atoms with Crippen LogP contribution in [0, 0.1) is 0 Å². The lowest BCUT2D eigenvalue weighted by molar-refractivity contribution is 0.167. The number of ether oxygens (including phenoxy) is 2. The maximum absolute atomic E-state index is 6.08. The standard InChI is InChI=1S/C23H30N2O2/c1-5-12-26-21-10-11-23(24-14-21)25-15-22(16-25)27-20-8-6-19(7-9-20)18(4)13-17(2)3/h6-11,14,18,22H,2,5,12-13,15-16H2,1,3-4H3/t18-/m1/s1. The van der Waals surface area contributed by atoms with Crippen molar-refractivity contribution in [3.05, 3.63) is 60.3 Å². The van der Waals surface area contributed by atoms with Crippen molar-refractivity contribution in [2.45, 2.75) is 45.6 Å². The van der Waals surface area contributed by atoms with E-state index in [0.717, 1.165) is 49.9 Å². The second-order valence-electron chi connectivity index (χ2n) is 7.48. The third-order valence-corrected chi connectivity index (χ3v) is 4.77. The third kappa shape index (κ3) is 5.25. The first kappa shape index (κ1) is 19.3. The van der Waals surface area contributed by atoms with Crippen LogP contribution in [0.1, 0.15) is 45.1 Å². The molecule has 2 aromatic rings. The Morgan fingerprint density at radius 3 is 2.48 bits per heavy atom. The van der Waals surface area contributed by atoms with Crippen LogP contribution in [0.2, 0.25) is 0 Å². The van der Waals surface area contributed by atoms with Gasteiger partial charge in [0.15, 0.2) is 0 Å². The van der Waals surface area contributed by atoms with Crippen LogP contribution in [0.3, 0.4) is 0 Å². The summed E-state index contributed by atoms with van der Waals surface area (Å²) < 4.78 is 11.7. The van der Waals surface area contributed by atoms with Gasteiger partial charge in [-0.3, -0.25) is 0 Å². The number of benzene rings is 1. The van der Waals surface area contributed by atoms with Gasteiger partial charge in [0, 0.05) is 0 Å². The fourth-order valence-electron chi connectivity index (χ4n) is 3.27. The van der Waals surface area contributed by atoms with Crippen molar-refractivity contribution in [3.63, 3.8) is 0 Å². The molecule has 3 rings (SSSR count). The highest BCUT2D eigenvalue weighted by Gasteiger charge is 2.29. The van der Waals surface area contributed by atoms with E-state index < -0.39 is 0 Å². The van der Waals surface area contributed by atoms with E-state index in [1.807, 2.05) is 12.1 Å². The van der Waals surface area contributed by atoms with E-state index in [9.17, 15) is 0 Å². The van der Waals surface area contributed by atoms with Crippen LogP contribution >= 0.6 is 0 Å². The number of allylic oxidation sites excluding steroid dienone is 1. The summed E-state index contributed by atoms with van der Waals surface area (Å²) in [5.74, 6) is 3.23. The summed E-state index contributed by atoms with van der Waals surface area (Å²) in [6.45, 7) is 12.9. The summed E-state index contributed by atoms with van der Waals surface area (Å²) in [6.07, 6.45) is 4.03. The van der Waals surface area contributed by atoms with Gasteiger partial charge in [-0.1, -0.05) is 31.6 Å². The van der Waals surface area contributed by atoms with Crippen molar-refractivity contribution < 1.29 is 9.47 Å². The number of rotatable bonds is 9. The Balaban J connectivity index is 1.46. The summed E-state index contributed by atoms with van der Waals surface area (Å²) >= 11 is 0. The lowest BCUT2D eigenvalue weighted by atomic mass is 9.95. The Hall–Kier alpha value is -2.49. The first-order valence-electron chi connectivity index (χ1n) is 9.80. The Morgan fingerprint density at radius 1 is 1.19 bits per heavy atom. The molecule has 0 unspecified atom stereocenters. The monoisotopic (exact) mass is 366 g/mol. The molecular weight excluding hydrogens is 336 g/mol. The molecule has 0 N–H and O–H groups in total. The quantitative estimate of drug-likeness (QED) is 0.571. The number of anilines is 1. The number of pyridine rings is 1. The SMILES string of the molecule is C=C(C)C[C@@H](C)c1ccc(OC2CN(c3ccc(OCCC)cn3)C2)cc1. The second kappa shape index (κ2) is 8.94. The van der Waals surface area contributed by atoms with E-state index in [-0.39, 0.29) is 6.10 Å². The van der Waals surface area contributed by atoms with Crippen molar-refractivity contribution >= 4 is 5.82 Å². The van der Waals surface area contributed by atoms with Crippen LogP contribution in [0.25, 0.3) is 0 Å². The lowest BCUT2D eigenvalue weighted by Gasteiger charge is -2.39. The lowest BCUT2D eigenvalue weighted by Crippen LogP contribution is -2.54. The molecule has 1 aromatic heterocycles. The minimum Gasteiger partial charge on any atom is -0.492 e. The van der Waals surface area contributed by atoms with Crippen LogP contribution in [-0.4, -0.2) is 30.8 Å². The highest BCUT2D eigenvalue weighted by atomic mass is 16.5. The normalized spacial score (nSPS) is 15.1. The first-order chi connectivity index (χ1) is 13.0. The summed E-state index contributed by atoms with van der Waals surface area (Å²) in [5.41, 5.74) is 2.55. The summed E-state index contributed by atoms with van der Waals surface area (Å²) in [4.78, 5) is 6.71. The molecule has 0 saturated carbocycles. The number of hydrogen-bond acceptors (Lipinski definition) is 4. The van der Waals surface area contributed by atoms with E-state index in [1.165, 1.54) is 11.1 Å². The molecule has 1 fully saturated rings. The zero-order chi connectivity index (χ0) is 19.2. The largest absolute Gasteiger partial charge is 0.492 e. The molecule has 0 spiro atoms. The predicted molar refractivity (Wildman–Crippen MR) is 111 cm³/mol. The number of nitrogens with zero attached hydrogens (tertiary/aromatic N) is 2. The summed E-state index contributed by atoms with van der Waals surface area (Å²) in [7, 11) is 0. The molecule has 4 heteroatoms. The van der Waals surface area contributed by atoms with Crippen molar-refractivity contribution in [2.75, 3.05) is 24.6 Å². The summed E-state index contributed by atoms with van der Waals surface area (Å²) in [5, 5.41) is 0. The minimum absolute atomic E-state index is 0.210. The molecule has 1 saturated heterocycles. The van der Waals surface area contributed by atoms with Gasteiger partial charge >= 0.3 is 0 Å². The van der Waals surface area contributed by atoms with Gasteiger partial charge in [-0.25, -0.2) is 4.98 Å². The van der Waals surface area contributed by atoms with Gasteiger partial charge in [0.25, 0.3) is 0 Å². The highest BCUT2D eigenvalue weighted by Crippen LogP contribution is 2.27. The molecule has 1 atom stereocenters. The van der Waals surface area contributed by atoms with Crippen LogP contribution in [0.5, 0.6) is 11.5 Å². The van der Waals surface area contributed by atoms with E-state index >= 15 is 0 Å². The second-order valence-corrected chi connectivity index (χ2v) is 7.48. The maximum atomic E-state index is 6.08. The Kier molecular flexibility index (Phi) is 6.38. The van der Waals surface area contributed by atoms with Crippen LogP contribution < -0.4 is 14.4 Å². The molecule has 2 heterocycles. The van der Waals surface area contributed by atoms with Gasteiger partial charge in [-0.15, -0.1) is 6.58 Å². The topological polar surface area (TPSA) is 34.6 Å². The Bertz CT molecular complexity index is 734. The maximum Gasteiger partial charge on any atom is 0.137 e. The average molecular weight is 367 g/mol. The molecule has 1 aliphatic rings. The highest BCUT2D eigenvalue weighted by molar-refractivity contribution is 5.44. The van der Waals surface area contributed by atoms with Gasteiger partial charge in [-0.05, 0) is 55.5 Å². The minimum atomic E-state index is 0.210. The van der Waals surface area contributed by atoms with Crippen molar-refractivity contribution in [2.24, 2.45) is 0 Å². The van der Waals surface area contributed by atoms with Crippen molar-refractivity contribution in [1.82, 2.24) is 4.98 Å². The van der Waals surface area contributed by atoms with Crippen LogP contribution in [-0.2, 0) is 0 Å². The van der Waals surface area contributed by atoms with Gasteiger partial charge in [-0.2, -0.15) is 0 Å². The molecule has 0 aliphatic carbocycles. The van der Waals surface area contributed by atoms with Gasteiger partial charge in [0.05, 0.1) is 25.9 Å². The molecule has 144 valence electrons. The van der Waals surface area contributed by atoms with Gasteiger partial charge in [0.1, 0.15) is 23.4 Å². The summed E-state index contributed by atoms with van der Waals surface area (Å²) in [6, 6.07) is 12.5. The Morgan fingerprint density at radius 2 is 1.89 bits per heavy atom. The number of hydrogen-bond donors (Lipinski definition) is 0. The van der Waals surface area contributed by atoms with E-state index in [1.54, 1.807) is 6.20 Å². The van der Waals surface area contributed by atoms with E-state index in [0.29, 0.717) is 5.92 Å². The molecule has 4 nitrogen and oxygen atoms in total. The molecular formula is C23H30N2O2. The molecule has 0 bridgehead atoms. The van der Waals surface area contributed by atoms with Crippen LogP contribution in [0.4, 0.5) is 5.82 Å². The number of aromatic nitrogens is 1. The Labute approximate surface area is 162 Å².